The molecule has 0 radical (unpaired) electrons. The minimum atomic E-state index is -0.773. The number of hydrogen-bond donors (Lipinski definition) is 0. The highest BCUT2D eigenvalue weighted by Crippen LogP contribution is 2.23. The van der Waals surface area contributed by atoms with Gasteiger partial charge in [0, 0.05) is 19.3 Å². The molecule has 25 heavy (non-hydrogen) atoms. The summed E-state index contributed by atoms with van der Waals surface area (Å²) < 4.78 is 6.02. The maximum atomic E-state index is 12.9. The fourth-order valence-corrected chi connectivity index (χ4v) is 2.96. The second-order valence-electron chi connectivity index (χ2n) is 5.79. The van der Waals surface area contributed by atoms with Crippen LogP contribution in [0.5, 0.6) is 0 Å². The second kappa shape index (κ2) is 7.18. The van der Waals surface area contributed by atoms with E-state index in [0.717, 1.165) is 32.4 Å². The zero-order chi connectivity index (χ0) is 17.8. The van der Waals surface area contributed by atoms with Crippen LogP contribution in [0.1, 0.15) is 24.8 Å². The number of carbonyl (C=O) groups excluding carboxylic acids is 1. The smallest absolute Gasteiger partial charge is 0.348 e. The van der Waals surface area contributed by atoms with Crippen molar-refractivity contribution in [3.8, 4) is 6.07 Å². The lowest BCUT2D eigenvalue weighted by molar-refractivity contribution is -0.135. The monoisotopic (exact) mass is 338 g/mol. The van der Waals surface area contributed by atoms with E-state index in [0.29, 0.717) is 11.5 Å². The van der Waals surface area contributed by atoms with Crippen molar-refractivity contribution in [3.63, 3.8) is 0 Å². The molecule has 0 aliphatic carbocycles. The number of nitrogens with zero attached hydrogens (tertiary/aromatic N) is 4. The van der Waals surface area contributed by atoms with Crippen LogP contribution in [0, 0.1) is 11.3 Å². The Morgan fingerprint density at radius 2 is 2.08 bits per heavy atom. The minimum absolute atomic E-state index is 0.226. The third kappa shape index (κ3) is 3.24. The zero-order valence-corrected chi connectivity index (χ0v) is 13.9. The molecule has 1 aliphatic rings. The van der Waals surface area contributed by atoms with E-state index in [4.69, 9.17) is 0 Å². The molecule has 7 heteroatoms. The fourth-order valence-electron chi connectivity index (χ4n) is 2.96. The Morgan fingerprint density at radius 1 is 1.32 bits per heavy atom. The summed E-state index contributed by atoms with van der Waals surface area (Å²) in [6.07, 6.45) is 6.07. The largest absolute Gasteiger partial charge is 0.465 e. The van der Waals surface area contributed by atoms with E-state index in [1.54, 1.807) is 24.4 Å². The minimum Gasteiger partial charge on any atom is -0.465 e. The molecular weight excluding hydrogens is 320 g/mol. The number of rotatable bonds is 3. The predicted molar refractivity (Wildman–Crippen MR) is 93.1 cm³/mol. The van der Waals surface area contributed by atoms with Crippen LogP contribution in [-0.4, -0.2) is 35.6 Å². The summed E-state index contributed by atoms with van der Waals surface area (Å²) in [6.45, 7) is 1.58. The van der Waals surface area contributed by atoms with Crippen molar-refractivity contribution < 1.29 is 9.53 Å². The van der Waals surface area contributed by atoms with Crippen molar-refractivity contribution in [2.45, 2.75) is 19.3 Å². The standard InChI is InChI=1S/C18H18N4O3/c1-25-18(24)13(12-19)11-14-16(21-8-4-2-5-9-21)20-15-7-3-6-10-22(15)17(14)23/h3,6-7,10-11H,2,4-5,8-9H2,1H3. The van der Waals surface area contributed by atoms with Crippen LogP contribution < -0.4 is 10.5 Å². The number of aromatic nitrogens is 2. The van der Waals surface area contributed by atoms with Crippen molar-refractivity contribution in [2.24, 2.45) is 0 Å². The van der Waals surface area contributed by atoms with Gasteiger partial charge in [-0.1, -0.05) is 6.07 Å². The Bertz CT molecular complexity index is 933. The SMILES string of the molecule is COC(=O)C(C#N)=Cc1c(N2CCCCC2)nc2ccccn2c1=O. The van der Waals surface area contributed by atoms with E-state index < -0.39 is 5.97 Å². The van der Waals surface area contributed by atoms with Crippen molar-refractivity contribution in [2.75, 3.05) is 25.1 Å². The summed E-state index contributed by atoms with van der Waals surface area (Å²) in [4.78, 5) is 31.4. The highest BCUT2D eigenvalue weighted by molar-refractivity contribution is 5.98. The molecule has 0 saturated carbocycles. The summed E-state index contributed by atoms with van der Waals surface area (Å²) in [5.74, 6) is -0.266. The quantitative estimate of drug-likeness (QED) is 0.481. The fraction of sp³-hybridized carbons (Fsp3) is 0.333. The zero-order valence-electron chi connectivity index (χ0n) is 13.9. The van der Waals surface area contributed by atoms with Gasteiger partial charge >= 0.3 is 5.97 Å². The number of hydrogen-bond acceptors (Lipinski definition) is 6. The summed E-state index contributed by atoms with van der Waals surface area (Å²) in [6, 6.07) is 7.10. The van der Waals surface area contributed by atoms with Crippen LogP contribution in [-0.2, 0) is 9.53 Å². The molecule has 0 amide bonds. The van der Waals surface area contributed by atoms with E-state index in [9.17, 15) is 14.9 Å². The average molecular weight is 338 g/mol. The first-order valence-electron chi connectivity index (χ1n) is 8.12. The summed E-state index contributed by atoms with van der Waals surface area (Å²) in [7, 11) is 1.20. The number of methoxy groups -OCH3 is 1. The number of ether oxygens (including phenoxy) is 1. The molecule has 0 aromatic carbocycles. The van der Waals surface area contributed by atoms with Gasteiger partial charge in [0.05, 0.1) is 12.7 Å². The second-order valence-corrected chi connectivity index (χ2v) is 5.79. The van der Waals surface area contributed by atoms with Crippen LogP contribution in [0.3, 0.4) is 0 Å². The normalized spacial score (nSPS) is 15.0. The van der Waals surface area contributed by atoms with Gasteiger partial charge in [-0.15, -0.1) is 0 Å². The van der Waals surface area contributed by atoms with E-state index in [2.05, 4.69) is 9.72 Å². The highest BCUT2D eigenvalue weighted by Gasteiger charge is 2.21. The number of piperidine rings is 1. The number of fused-ring (bicyclic) bond motifs is 1. The molecule has 2 aromatic rings. The molecular formula is C18H18N4O3. The third-order valence-electron chi connectivity index (χ3n) is 4.22. The molecule has 0 unspecified atom stereocenters. The van der Waals surface area contributed by atoms with Gasteiger partial charge in [0.15, 0.2) is 0 Å². The first-order valence-corrected chi connectivity index (χ1v) is 8.12. The summed E-state index contributed by atoms with van der Waals surface area (Å²) in [5, 5.41) is 9.23. The molecule has 2 aromatic heterocycles. The molecule has 3 rings (SSSR count). The lowest BCUT2D eigenvalue weighted by Crippen LogP contribution is -2.33. The number of pyridine rings is 1. The van der Waals surface area contributed by atoms with E-state index in [-0.39, 0.29) is 16.7 Å². The Hall–Kier alpha value is -3.14. The molecule has 7 nitrogen and oxygen atoms in total. The lowest BCUT2D eigenvalue weighted by Gasteiger charge is -2.29. The molecule has 1 fully saturated rings. The molecule has 1 aliphatic heterocycles. The van der Waals surface area contributed by atoms with Crippen LogP contribution in [0.4, 0.5) is 5.82 Å². The maximum Gasteiger partial charge on any atom is 0.348 e. The number of nitriles is 1. The van der Waals surface area contributed by atoms with Crippen molar-refractivity contribution in [1.82, 2.24) is 9.38 Å². The topological polar surface area (TPSA) is 87.7 Å². The Kier molecular flexibility index (Phi) is 4.80. The predicted octanol–water partition coefficient (Wildman–Crippen LogP) is 1.76. The van der Waals surface area contributed by atoms with Crippen LogP contribution in [0.2, 0.25) is 0 Å². The third-order valence-corrected chi connectivity index (χ3v) is 4.22. The van der Waals surface area contributed by atoms with Gasteiger partial charge in [-0.05, 0) is 37.5 Å². The van der Waals surface area contributed by atoms with Gasteiger partial charge in [-0.2, -0.15) is 5.26 Å². The lowest BCUT2D eigenvalue weighted by atomic mass is 10.1. The number of anilines is 1. The van der Waals surface area contributed by atoms with Crippen LogP contribution >= 0.6 is 0 Å². The van der Waals surface area contributed by atoms with Gasteiger partial charge in [0.1, 0.15) is 23.1 Å². The van der Waals surface area contributed by atoms with Gasteiger partial charge < -0.3 is 9.64 Å². The molecule has 0 N–H and O–H groups in total. The van der Waals surface area contributed by atoms with Crippen molar-refractivity contribution in [1.29, 1.82) is 5.26 Å². The molecule has 0 atom stereocenters. The summed E-state index contributed by atoms with van der Waals surface area (Å²) in [5.41, 5.74) is 0.215. The average Bonchev–Trinajstić information content (AvgIpc) is 2.67. The first-order chi connectivity index (χ1) is 12.2. The van der Waals surface area contributed by atoms with E-state index >= 15 is 0 Å². The van der Waals surface area contributed by atoms with Gasteiger partial charge in [-0.3, -0.25) is 9.20 Å². The molecule has 0 spiro atoms. The maximum absolute atomic E-state index is 12.9. The van der Waals surface area contributed by atoms with Crippen LogP contribution in [0.15, 0.2) is 34.8 Å². The molecule has 128 valence electrons. The van der Waals surface area contributed by atoms with Crippen molar-refractivity contribution >= 4 is 23.5 Å². The molecule has 1 saturated heterocycles. The molecule has 0 bridgehead atoms. The Balaban J connectivity index is 2.25. The highest BCUT2D eigenvalue weighted by atomic mass is 16.5. The Morgan fingerprint density at radius 3 is 2.76 bits per heavy atom. The number of carbonyl (C=O) groups is 1. The molecule has 3 heterocycles. The van der Waals surface area contributed by atoms with Gasteiger partial charge in [0.25, 0.3) is 5.56 Å². The first kappa shape index (κ1) is 16.7. The summed E-state index contributed by atoms with van der Waals surface area (Å²) >= 11 is 0. The van der Waals surface area contributed by atoms with Gasteiger partial charge in [0.2, 0.25) is 0 Å². The van der Waals surface area contributed by atoms with E-state index in [1.165, 1.54) is 17.6 Å². The van der Waals surface area contributed by atoms with Crippen LogP contribution in [0.25, 0.3) is 11.7 Å². The number of esters is 1. The Labute approximate surface area is 144 Å². The van der Waals surface area contributed by atoms with E-state index in [1.807, 2.05) is 11.0 Å². The van der Waals surface area contributed by atoms with Crippen molar-refractivity contribution in [3.05, 3.63) is 45.9 Å². The van der Waals surface area contributed by atoms with Gasteiger partial charge in [-0.25, -0.2) is 9.78 Å².